The highest BCUT2D eigenvalue weighted by atomic mass is 16.6. The minimum Gasteiger partial charge on any atom is -0.449 e. The number of carbonyl (C=O) groups is 1. The Balaban J connectivity index is 1.88. The molecule has 1 rings (SSSR count). The van der Waals surface area contributed by atoms with Gasteiger partial charge in [-0.05, 0) is 18.6 Å². The summed E-state index contributed by atoms with van der Waals surface area (Å²) in [5, 5.41) is 13.2. The van der Waals surface area contributed by atoms with Gasteiger partial charge in [0.15, 0.2) is 0 Å². The first-order valence-corrected chi connectivity index (χ1v) is 11.3. The molecule has 6 heteroatoms. The third-order valence-electron chi connectivity index (χ3n) is 5.06. The summed E-state index contributed by atoms with van der Waals surface area (Å²) < 4.78 is 5.15. The van der Waals surface area contributed by atoms with Crippen LogP contribution < -0.4 is 5.32 Å². The van der Waals surface area contributed by atoms with E-state index in [1.807, 2.05) is 0 Å². The Kier molecular flexibility index (Phi) is 14.4. The van der Waals surface area contributed by atoms with Crippen molar-refractivity contribution in [1.82, 2.24) is 0 Å². The van der Waals surface area contributed by atoms with E-state index >= 15 is 0 Å². The molecule has 0 aliphatic rings. The summed E-state index contributed by atoms with van der Waals surface area (Å²) in [7, 11) is 0. The summed E-state index contributed by atoms with van der Waals surface area (Å²) >= 11 is 0. The van der Waals surface area contributed by atoms with Crippen molar-refractivity contribution < 1.29 is 14.5 Å². The van der Waals surface area contributed by atoms with E-state index in [0.29, 0.717) is 12.3 Å². The largest absolute Gasteiger partial charge is 0.449 e. The number of hydrogen-bond donors (Lipinski definition) is 1. The summed E-state index contributed by atoms with van der Waals surface area (Å²) in [5.41, 5.74) is 0.480. The Morgan fingerprint density at radius 3 is 1.72 bits per heavy atom. The van der Waals surface area contributed by atoms with Crippen molar-refractivity contribution in [2.24, 2.45) is 0 Å². The minimum absolute atomic E-state index is 0.00803. The third-order valence-corrected chi connectivity index (χ3v) is 5.06. The lowest BCUT2D eigenvalue weighted by molar-refractivity contribution is -0.384. The maximum absolute atomic E-state index is 11.7. The molecule has 29 heavy (non-hydrogen) atoms. The molecule has 6 nitrogen and oxygen atoms in total. The molecular formula is C23H38N2O4. The summed E-state index contributed by atoms with van der Waals surface area (Å²) in [4.78, 5) is 21.8. The van der Waals surface area contributed by atoms with Crippen LogP contribution in [0.25, 0.3) is 0 Å². The average Bonchev–Trinajstić information content (AvgIpc) is 2.71. The number of rotatable bonds is 17. The van der Waals surface area contributed by atoms with E-state index in [-0.39, 0.29) is 5.69 Å². The van der Waals surface area contributed by atoms with Crippen LogP contribution in [0.15, 0.2) is 24.3 Å². The second-order valence-electron chi connectivity index (χ2n) is 7.66. The molecule has 0 bridgehead atoms. The Bertz CT molecular complexity index is 561. The van der Waals surface area contributed by atoms with E-state index < -0.39 is 11.0 Å². The molecular weight excluding hydrogens is 368 g/mol. The number of nitrogens with one attached hydrogen (secondary N) is 1. The van der Waals surface area contributed by atoms with E-state index in [1.54, 1.807) is 0 Å². The van der Waals surface area contributed by atoms with Gasteiger partial charge in [0.1, 0.15) is 0 Å². The fourth-order valence-corrected chi connectivity index (χ4v) is 3.28. The van der Waals surface area contributed by atoms with E-state index in [1.165, 1.54) is 101 Å². The second kappa shape index (κ2) is 16.8. The van der Waals surface area contributed by atoms with E-state index in [2.05, 4.69) is 12.2 Å². The zero-order valence-corrected chi connectivity index (χ0v) is 18.0. The van der Waals surface area contributed by atoms with Gasteiger partial charge in [-0.2, -0.15) is 0 Å². The molecule has 0 saturated heterocycles. The lowest BCUT2D eigenvalue weighted by atomic mass is 10.0. The highest BCUT2D eigenvalue weighted by Crippen LogP contribution is 2.16. The monoisotopic (exact) mass is 406 g/mol. The molecule has 0 aromatic heterocycles. The average molecular weight is 407 g/mol. The smallest absolute Gasteiger partial charge is 0.411 e. The van der Waals surface area contributed by atoms with Gasteiger partial charge in [0.05, 0.1) is 11.5 Å². The zero-order valence-electron chi connectivity index (χ0n) is 18.0. The van der Waals surface area contributed by atoms with Gasteiger partial charge < -0.3 is 4.74 Å². The summed E-state index contributed by atoms with van der Waals surface area (Å²) in [6.07, 6.45) is 17.5. The molecule has 0 unspecified atom stereocenters. The molecule has 1 aromatic carbocycles. The molecule has 0 fully saturated rings. The van der Waals surface area contributed by atoms with Crippen molar-refractivity contribution in [1.29, 1.82) is 0 Å². The molecule has 0 spiro atoms. The molecule has 0 heterocycles. The van der Waals surface area contributed by atoms with E-state index in [9.17, 15) is 14.9 Å². The molecule has 164 valence electrons. The fourth-order valence-electron chi connectivity index (χ4n) is 3.28. The van der Waals surface area contributed by atoms with Crippen LogP contribution in [0.5, 0.6) is 0 Å². The van der Waals surface area contributed by atoms with Crippen molar-refractivity contribution in [2.45, 2.75) is 96.8 Å². The van der Waals surface area contributed by atoms with Crippen molar-refractivity contribution in [3.8, 4) is 0 Å². The predicted octanol–water partition coefficient (Wildman–Crippen LogP) is 7.62. The van der Waals surface area contributed by atoms with Crippen molar-refractivity contribution in [3.63, 3.8) is 0 Å². The molecule has 1 N–H and O–H groups in total. The highest BCUT2D eigenvalue weighted by molar-refractivity contribution is 5.84. The SMILES string of the molecule is CCCCCCCCCCCCCCCCOC(=O)Nc1ccc([N+](=O)[O-])cc1. The standard InChI is InChI=1S/C23H38N2O4/c1-2-3-4-5-6-7-8-9-10-11-12-13-14-15-20-29-23(26)24-21-16-18-22(19-17-21)25(27)28/h16-19H,2-15,20H2,1H3,(H,24,26). The van der Waals surface area contributed by atoms with Gasteiger partial charge in [0.25, 0.3) is 5.69 Å². The first-order valence-electron chi connectivity index (χ1n) is 11.3. The number of non-ortho nitro benzene ring substituents is 1. The minimum atomic E-state index is -0.520. The number of anilines is 1. The van der Waals surface area contributed by atoms with Gasteiger partial charge in [-0.1, -0.05) is 90.4 Å². The molecule has 0 aliphatic heterocycles. The summed E-state index contributed by atoms with van der Waals surface area (Å²) in [5.74, 6) is 0. The molecule has 0 saturated carbocycles. The molecule has 0 radical (unpaired) electrons. The van der Waals surface area contributed by atoms with Gasteiger partial charge in [0.2, 0.25) is 0 Å². The van der Waals surface area contributed by atoms with E-state index in [0.717, 1.165) is 12.8 Å². The van der Waals surface area contributed by atoms with Crippen LogP contribution in [-0.4, -0.2) is 17.6 Å². The van der Waals surface area contributed by atoms with Crippen LogP contribution in [0.1, 0.15) is 96.8 Å². The molecule has 0 aliphatic carbocycles. The maximum Gasteiger partial charge on any atom is 0.411 e. The number of unbranched alkanes of at least 4 members (excludes halogenated alkanes) is 13. The first kappa shape index (κ1) is 24.9. The quantitative estimate of drug-likeness (QED) is 0.164. The highest BCUT2D eigenvalue weighted by Gasteiger charge is 2.06. The molecule has 0 atom stereocenters. The van der Waals surface area contributed by atoms with Gasteiger partial charge in [-0.3, -0.25) is 15.4 Å². The van der Waals surface area contributed by atoms with Gasteiger partial charge in [-0.15, -0.1) is 0 Å². The number of nitro groups is 1. The normalized spacial score (nSPS) is 10.7. The van der Waals surface area contributed by atoms with Crippen molar-refractivity contribution in [3.05, 3.63) is 34.4 Å². The van der Waals surface area contributed by atoms with Gasteiger partial charge in [-0.25, -0.2) is 4.79 Å². The van der Waals surface area contributed by atoms with Crippen LogP contribution in [0.2, 0.25) is 0 Å². The number of amides is 1. The lowest BCUT2D eigenvalue weighted by Crippen LogP contribution is -2.14. The predicted molar refractivity (Wildman–Crippen MR) is 118 cm³/mol. The topological polar surface area (TPSA) is 81.5 Å². The number of benzene rings is 1. The Morgan fingerprint density at radius 2 is 1.28 bits per heavy atom. The Labute approximate surface area is 175 Å². The number of nitrogens with zero attached hydrogens (tertiary/aromatic N) is 1. The van der Waals surface area contributed by atoms with Gasteiger partial charge in [0, 0.05) is 17.8 Å². The Hall–Kier alpha value is -2.11. The van der Waals surface area contributed by atoms with Crippen LogP contribution in [0.3, 0.4) is 0 Å². The molecule has 1 amide bonds. The van der Waals surface area contributed by atoms with Crippen molar-refractivity contribution >= 4 is 17.5 Å². The lowest BCUT2D eigenvalue weighted by Gasteiger charge is -2.07. The van der Waals surface area contributed by atoms with Crippen LogP contribution in [0.4, 0.5) is 16.2 Å². The maximum atomic E-state index is 11.7. The third kappa shape index (κ3) is 13.7. The number of ether oxygens (including phenoxy) is 1. The van der Waals surface area contributed by atoms with Crippen LogP contribution >= 0.6 is 0 Å². The second-order valence-corrected chi connectivity index (χ2v) is 7.66. The van der Waals surface area contributed by atoms with Gasteiger partial charge >= 0.3 is 6.09 Å². The molecule has 1 aromatic rings. The number of nitro benzene ring substituents is 1. The zero-order chi connectivity index (χ0) is 21.2. The Morgan fingerprint density at radius 1 is 0.828 bits per heavy atom. The summed E-state index contributed by atoms with van der Waals surface area (Å²) in [6, 6.07) is 5.68. The number of carbonyl (C=O) groups excluding carboxylic acids is 1. The van der Waals surface area contributed by atoms with E-state index in [4.69, 9.17) is 4.74 Å². The first-order chi connectivity index (χ1) is 14.1. The van der Waals surface area contributed by atoms with Crippen LogP contribution in [-0.2, 0) is 4.74 Å². The van der Waals surface area contributed by atoms with Crippen LogP contribution in [0, 0.1) is 10.1 Å². The van der Waals surface area contributed by atoms with Crippen molar-refractivity contribution in [2.75, 3.05) is 11.9 Å². The summed E-state index contributed by atoms with van der Waals surface area (Å²) in [6.45, 7) is 2.66. The number of hydrogen-bond acceptors (Lipinski definition) is 4. The fraction of sp³-hybridized carbons (Fsp3) is 0.696.